The van der Waals surface area contributed by atoms with E-state index in [4.69, 9.17) is 23.4 Å². The van der Waals surface area contributed by atoms with Crippen molar-refractivity contribution in [2.75, 3.05) is 13.1 Å². The van der Waals surface area contributed by atoms with Crippen molar-refractivity contribution >= 4 is 40.1 Å². The van der Waals surface area contributed by atoms with Gasteiger partial charge in [-0.15, -0.1) is 6.58 Å². The minimum absolute atomic E-state index is 0.154. The Hall–Kier alpha value is -1.42. The molecule has 1 aliphatic rings. The molecule has 1 aromatic heterocycles. The molecular formula is C19H20Cl2N2O. The lowest BCUT2D eigenvalue weighted by Gasteiger charge is -2.33. The Bertz CT molecular complexity index is 762. The van der Waals surface area contributed by atoms with E-state index in [-0.39, 0.29) is 5.78 Å². The number of hydrogen-bond donors (Lipinski definition) is 0. The zero-order chi connectivity index (χ0) is 17.1. The quantitative estimate of drug-likeness (QED) is 0.420. The number of halogens is 2. The van der Waals surface area contributed by atoms with E-state index in [1.165, 1.54) is 0 Å². The number of rotatable bonds is 5. The molecule has 0 spiro atoms. The summed E-state index contributed by atoms with van der Waals surface area (Å²) in [5, 5.41) is 1.49. The van der Waals surface area contributed by atoms with Gasteiger partial charge in [-0.25, -0.2) is 4.42 Å². The Balaban J connectivity index is 1.72. The predicted octanol–water partition coefficient (Wildman–Crippen LogP) is 5.13. The van der Waals surface area contributed by atoms with Crippen molar-refractivity contribution in [1.29, 1.82) is 0 Å². The number of ketones is 1. The molecular weight excluding hydrogens is 343 g/mol. The smallest absolute Gasteiger partial charge is 0.163 e. The largest absolute Gasteiger partial charge is 0.294 e. The molecule has 0 amide bonds. The van der Waals surface area contributed by atoms with Crippen LogP contribution in [0.25, 0.3) is 10.9 Å². The number of Topliss-reactive ketones (excluding diaryl/α,β-unsaturated/α-hetero) is 1. The number of hydrogen-bond acceptors (Lipinski definition) is 3. The van der Waals surface area contributed by atoms with Gasteiger partial charge in [-0.3, -0.25) is 9.78 Å². The topological polar surface area (TPSA) is 33.2 Å². The summed E-state index contributed by atoms with van der Waals surface area (Å²) >= 11 is 12.1. The highest BCUT2D eigenvalue weighted by molar-refractivity contribution is 6.31. The Morgan fingerprint density at radius 2 is 2.25 bits per heavy atom. The Labute approximate surface area is 152 Å². The van der Waals surface area contributed by atoms with Crippen LogP contribution >= 0.6 is 23.4 Å². The third kappa shape index (κ3) is 3.80. The summed E-state index contributed by atoms with van der Waals surface area (Å²) in [6.45, 7) is 5.58. The Morgan fingerprint density at radius 1 is 1.42 bits per heavy atom. The lowest BCUT2D eigenvalue weighted by Crippen LogP contribution is -2.34. The van der Waals surface area contributed by atoms with E-state index in [1.54, 1.807) is 24.4 Å². The molecule has 126 valence electrons. The monoisotopic (exact) mass is 362 g/mol. The van der Waals surface area contributed by atoms with E-state index < -0.39 is 0 Å². The van der Waals surface area contributed by atoms with Crippen LogP contribution in [-0.4, -0.2) is 28.3 Å². The minimum atomic E-state index is 0.154. The van der Waals surface area contributed by atoms with E-state index >= 15 is 0 Å². The lowest BCUT2D eigenvalue weighted by molar-refractivity contribution is 0.0963. The van der Waals surface area contributed by atoms with Crippen LogP contribution in [0.3, 0.4) is 0 Å². The molecule has 3 rings (SSSR count). The van der Waals surface area contributed by atoms with Gasteiger partial charge in [0.15, 0.2) is 5.78 Å². The fraction of sp³-hybridized carbons (Fsp3) is 0.368. The van der Waals surface area contributed by atoms with Gasteiger partial charge < -0.3 is 0 Å². The van der Waals surface area contributed by atoms with Crippen molar-refractivity contribution in [3.63, 3.8) is 0 Å². The molecule has 0 saturated carbocycles. The van der Waals surface area contributed by atoms with E-state index in [2.05, 4.69) is 11.6 Å². The van der Waals surface area contributed by atoms with Crippen molar-refractivity contribution in [3.8, 4) is 0 Å². The van der Waals surface area contributed by atoms with Crippen LogP contribution < -0.4 is 0 Å². The molecule has 0 aliphatic carbocycles. The van der Waals surface area contributed by atoms with Crippen molar-refractivity contribution in [2.45, 2.75) is 19.3 Å². The van der Waals surface area contributed by atoms with E-state index in [0.717, 1.165) is 42.4 Å². The molecule has 5 heteroatoms. The second-order valence-electron chi connectivity index (χ2n) is 6.30. The maximum Gasteiger partial charge on any atom is 0.163 e. The maximum absolute atomic E-state index is 12.7. The highest BCUT2D eigenvalue weighted by Crippen LogP contribution is 2.30. The van der Waals surface area contributed by atoms with Gasteiger partial charge in [-0.1, -0.05) is 23.7 Å². The zero-order valence-electron chi connectivity index (χ0n) is 13.4. The summed E-state index contributed by atoms with van der Waals surface area (Å²) in [4.78, 5) is 17.0. The number of nitrogens with zero attached hydrogens (tertiary/aromatic N) is 2. The molecule has 2 atom stereocenters. The minimum Gasteiger partial charge on any atom is -0.294 e. The van der Waals surface area contributed by atoms with Crippen LogP contribution in [0.1, 0.15) is 29.6 Å². The highest BCUT2D eigenvalue weighted by atomic mass is 35.5. The lowest BCUT2D eigenvalue weighted by atomic mass is 9.82. The third-order valence-corrected chi connectivity index (χ3v) is 5.35. The molecule has 1 aromatic carbocycles. The molecule has 0 bridgehead atoms. The van der Waals surface area contributed by atoms with Gasteiger partial charge in [0, 0.05) is 41.7 Å². The third-order valence-electron chi connectivity index (χ3n) is 4.81. The molecule has 0 N–H and O–H groups in total. The van der Waals surface area contributed by atoms with Gasteiger partial charge in [-0.05, 0) is 54.7 Å². The number of piperidine rings is 1. The van der Waals surface area contributed by atoms with Gasteiger partial charge in [0.05, 0.1) is 5.52 Å². The van der Waals surface area contributed by atoms with Crippen molar-refractivity contribution in [3.05, 3.63) is 53.7 Å². The van der Waals surface area contributed by atoms with Crippen LogP contribution in [-0.2, 0) is 0 Å². The average molecular weight is 363 g/mol. The molecule has 1 aliphatic heterocycles. The van der Waals surface area contributed by atoms with Crippen LogP contribution in [0.2, 0.25) is 5.02 Å². The number of benzene rings is 1. The molecule has 24 heavy (non-hydrogen) atoms. The molecule has 1 saturated heterocycles. The fourth-order valence-electron chi connectivity index (χ4n) is 3.43. The van der Waals surface area contributed by atoms with E-state index in [1.807, 2.05) is 16.6 Å². The predicted molar refractivity (Wildman–Crippen MR) is 99.5 cm³/mol. The zero-order valence-corrected chi connectivity index (χ0v) is 14.9. The summed E-state index contributed by atoms with van der Waals surface area (Å²) in [6.07, 6.45) is 6.02. The van der Waals surface area contributed by atoms with Crippen molar-refractivity contribution in [1.82, 2.24) is 9.40 Å². The standard InChI is InChI=1S/C19H20Cl2N2O/c1-2-13-12-23(21)10-8-14(13)3-6-19(24)17-7-9-22-18-11-15(20)4-5-16(17)18/h2,4-5,7,9,11,13-14H,1,3,6,8,10,12H2/t13-,14?/m1/s1. The molecule has 1 fully saturated rings. The summed E-state index contributed by atoms with van der Waals surface area (Å²) < 4.78 is 1.81. The van der Waals surface area contributed by atoms with Crippen LogP contribution in [0.4, 0.5) is 0 Å². The van der Waals surface area contributed by atoms with Crippen molar-refractivity contribution < 1.29 is 4.79 Å². The van der Waals surface area contributed by atoms with E-state index in [9.17, 15) is 4.79 Å². The first kappa shape index (κ1) is 17.4. The second-order valence-corrected chi connectivity index (χ2v) is 7.21. The number of aromatic nitrogens is 1. The maximum atomic E-state index is 12.7. The van der Waals surface area contributed by atoms with Crippen molar-refractivity contribution in [2.24, 2.45) is 11.8 Å². The van der Waals surface area contributed by atoms with Crippen LogP contribution in [0.15, 0.2) is 43.1 Å². The van der Waals surface area contributed by atoms with Crippen LogP contribution in [0.5, 0.6) is 0 Å². The number of carbonyl (C=O) groups is 1. The summed E-state index contributed by atoms with van der Waals surface area (Å²) in [7, 11) is 0. The normalized spacial score (nSPS) is 21.8. The van der Waals surface area contributed by atoms with Gasteiger partial charge >= 0.3 is 0 Å². The first-order valence-corrected chi connectivity index (χ1v) is 8.91. The second kappa shape index (κ2) is 7.64. The highest BCUT2D eigenvalue weighted by Gasteiger charge is 2.27. The van der Waals surface area contributed by atoms with Crippen LogP contribution in [0, 0.1) is 11.8 Å². The van der Waals surface area contributed by atoms with Gasteiger partial charge in [0.1, 0.15) is 0 Å². The average Bonchev–Trinajstić information content (AvgIpc) is 2.59. The molecule has 3 nitrogen and oxygen atoms in total. The number of carbonyl (C=O) groups excluding carboxylic acids is 1. The van der Waals surface area contributed by atoms with Gasteiger partial charge in [0.25, 0.3) is 0 Å². The molecule has 2 heterocycles. The first-order valence-electron chi connectivity index (χ1n) is 8.19. The van der Waals surface area contributed by atoms with E-state index in [0.29, 0.717) is 23.3 Å². The summed E-state index contributed by atoms with van der Waals surface area (Å²) in [5.41, 5.74) is 1.48. The number of pyridine rings is 1. The Kier molecular flexibility index (Phi) is 5.54. The Morgan fingerprint density at radius 3 is 3.04 bits per heavy atom. The SMILES string of the molecule is C=C[C@@H]1CN(Cl)CCC1CCC(=O)c1ccnc2cc(Cl)ccc12. The molecule has 0 radical (unpaired) electrons. The first-order chi connectivity index (χ1) is 11.6. The fourth-order valence-corrected chi connectivity index (χ4v) is 3.85. The molecule has 1 unspecified atom stereocenters. The van der Waals surface area contributed by atoms with Gasteiger partial charge in [-0.2, -0.15) is 0 Å². The summed E-state index contributed by atoms with van der Waals surface area (Å²) in [5.74, 6) is 0.960. The summed E-state index contributed by atoms with van der Waals surface area (Å²) in [6, 6.07) is 7.26. The molecule has 2 aromatic rings. The number of fused-ring (bicyclic) bond motifs is 1. The van der Waals surface area contributed by atoms with Gasteiger partial charge in [0.2, 0.25) is 0 Å².